The van der Waals surface area contributed by atoms with Crippen LogP contribution in [-0.2, 0) is 9.84 Å². The smallest absolute Gasteiger partial charge is 0.175 e. The summed E-state index contributed by atoms with van der Waals surface area (Å²) in [7, 11) is -3.14. The third-order valence-corrected chi connectivity index (χ3v) is 4.15. The van der Waals surface area contributed by atoms with Crippen molar-refractivity contribution in [2.75, 3.05) is 12.8 Å². The molecule has 0 bridgehead atoms. The quantitative estimate of drug-likeness (QED) is 0.588. The second kappa shape index (κ2) is 7.46. The van der Waals surface area contributed by atoms with E-state index in [0.717, 1.165) is 31.4 Å². The second-order valence-electron chi connectivity index (χ2n) is 4.67. The van der Waals surface area contributed by atoms with Crippen molar-refractivity contribution in [2.45, 2.75) is 37.1 Å². The Morgan fingerprint density at radius 2 is 2.16 bits per heavy atom. The van der Waals surface area contributed by atoms with Crippen LogP contribution in [0.2, 0.25) is 0 Å². The lowest BCUT2D eigenvalue weighted by Crippen LogP contribution is -2.21. The average molecular weight is 281 g/mol. The maximum Gasteiger partial charge on any atom is 0.175 e. The summed E-state index contributed by atoms with van der Waals surface area (Å²) < 4.78 is 23.2. The lowest BCUT2D eigenvalue weighted by molar-refractivity contribution is 0.499. The van der Waals surface area contributed by atoms with E-state index in [9.17, 15) is 8.42 Å². The molecular weight excluding hydrogens is 258 g/mol. The predicted molar refractivity (Wildman–Crippen MR) is 80.0 cm³/mol. The predicted octanol–water partition coefficient (Wildman–Crippen LogP) is 3.10. The van der Waals surface area contributed by atoms with Gasteiger partial charge < -0.3 is 5.32 Å². The fourth-order valence-corrected chi connectivity index (χ4v) is 2.74. The van der Waals surface area contributed by atoms with Gasteiger partial charge in [-0.2, -0.15) is 0 Å². The average Bonchev–Trinajstić information content (AvgIpc) is 2.37. The maximum atomic E-state index is 11.6. The van der Waals surface area contributed by atoms with E-state index >= 15 is 0 Å². The molecule has 0 spiro atoms. The number of rotatable bonds is 8. The molecule has 19 heavy (non-hydrogen) atoms. The van der Waals surface area contributed by atoms with Crippen LogP contribution in [0, 0.1) is 0 Å². The Balaban J connectivity index is 2.92. The number of allylic oxidation sites excluding steroid dienone is 1. The molecule has 106 valence electrons. The van der Waals surface area contributed by atoms with Gasteiger partial charge in [0.05, 0.1) is 4.90 Å². The molecule has 1 aromatic rings. The summed E-state index contributed by atoms with van der Waals surface area (Å²) >= 11 is 0. The number of sulfone groups is 1. The van der Waals surface area contributed by atoms with E-state index in [1.165, 1.54) is 6.26 Å². The Bertz CT molecular complexity index is 509. The minimum absolute atomic E-state index is 0.201. The summed E-state index contributed by atoms with van der Waals surface area (Å²) in [4.78, 5) is 0.386. The Morgan fingerprint density at radius 1 is 1.42 bits per heavy atom. The van der Waals surface area contributed by atoms with Crippen molar-refractivity contribution in [1.82, 2.24) is 5.32 Å². The standard InChI is InChI=1S/C15H23NO2S/c1-4-6-7-11-15(16-5-2)13-9-8-10-14(12-13)19(3,17)18/h4,8-10,12,15-16H,1,5-7,11H2,2-3H3. The van der Waals surface area contributed by atoms with Gasteiger partial charge in [-0.15, -0.1) is 6.58 Å². The van der Waals surface area contributed by atoms with Crippen LogP contribution in [0.25, 0.3) is 0 Å². The molecule has 0 radical (unpaired) electrons. The van der Waals surface area contributed by atoms with Crippen LogP contribution in [0.1, 0.15) is 37.8 Å². The Labute approximate surface area is 116 Å². The molecule has 0 saturated carbocycles. The second-order valence-corrected chi connectivity index (χ2v) is 6.69. The monoisotopic (exact) mass is 281 g/mol. The molecule has 1 atom stereocenters. The lowest BCUT2D eigenvalue weighted by atomic mass is 10.0. The van der Waals surface area contributed by atoms with Gasteiger partial charge in [0.1, 0.15) is 0 Å². The van der Waals surface area contributed by atoms with E-state index in [1.54, 1.807) is 12.1 Å². The molecule has 1 unspecified atom stereocenters. The summed E-state index contributed by atoms with van der Waals surface area (Å²) in [5.41, 5.74) is 1.04. The van der Waals surface area contributed by atoms with Gasteiger partial charge >= 0.3 is 0 Å². The van der Waals surface area contributed by atoms with E-state index < -0.39 is 9.84 Å². The number of unbranched alkanes of at least 4 members (excludes halogenated alkanes) is 1. The van der Waals surface area contributed by atoms with Gasteiger partial charge in [-0.05, 0) is 43.5 Å². The van der Waals surface area contributed by atoms with Gasteiger partial charge in [0, 0.05) is 12.3 Å². The largest absolute Gasteiger partial charge is 0.310 e. The van der Waals surface area contributed by atoms with E-state index in [4.69, 9.17) is 0 Å². The van der Waals surface area contributed by atoms with Gasteiger partial charge in [-0.1, -0.05) is 25.1 Å². The van der Waals surface area contributed by atoms with Crippen LogP contribution >= 0.6 is 0 Å². The Kier molecular flexibility index (Phi) is 6.25. The minimum atomic E-state index is -3.14. The molecule has 0 fully saturated rings. The molecule has 1 N–H and O–H groups in total. The molecular formula is C15H23NO2S. The SMILES string of the molecule is C=CCCCC(NCC)c1cccc(S(C)(=O)=O)c1. The third kappa shape index (κ3) is 5.17. The molecule has 3 nitrogen and oxygen atoms in total. The zero-order chi connectivity index (χ0) is 14.3. The minimum Gasteiger partial charge on any atom is -0.310 e. The highest BCUT2D eigenvalue weighted by atomic mass is 32.2. The van der Waals surface area contributed by atoms with Crippen molar-refractivity contribution in [1.29, 1.82) is 0 Å². The topological polar surface area (TPSA) is 46.2 Å². The first kappa shape index (κ1) is 15.9. The van der Waals surface area contributed by atoms with Crippen LogP contribution in [-0.4, -0.2) is 21.2 Å². The molecule has 0 aliphatic rings. The zero-order valence-corrected chi connectivity index (χ0v) is 12.5. The first-order valence-corrected chi connectivity index (χ1v) is 8.52. The fraction of sp³-hybridized carbons (Fsp3) is 0.467. The van der Waals surface area contributed by atoms with Crippen LogP contribution in [0.3, 0.4) is 0 Å². The highest BCUT2D eigenvalue weighted by molar-refractivity contribution is 7.90. The molecule has 4 heteroatoms. The van der Waals surface area contributed by atoms with Crippen LogP contribution in [0.5, 0.6) is 0 Å². The van der Waals surface area contributed by atoms with Crippen molar-refractivity contribution in [3.63, 3.8) is 0 Å². The summed E-state index contributed by atoms with van der Waals surface area (Å²) in [6, 6.07) is 7.41. The van der Waals surface area contributed by atoms with E-state index in [0.29, 0.717) is 4.90 Å². The van der Waals surface area contributed by atoms with Crippen molar-refractivity contribution in [2.24, 2.45) is 0 Å². The van der Waals surface area contributed by atoms with E-state index in [1.807, 2.05) is 18.2 Å². The van der Waals surface area contributed by atoms with Gasteiger partial charge in [0.15, 0.2) is 9.84 Å². The third-order valence-electron chi connectivity index (χ3n) is 3.04. The molecule has 1 aromatic carbocycles. The zero-order valence-electron chi connectivity index (χ0n) is 11.7. The first-order valence-electron chi connectivity index (χ1n) is 6.63. The molecule has 0 amide bonds. The fourth-order valence-electron chi connectivity index (χ4n) is 2.06. The van der Waals surface area contributed by atoms with Crippen molar-refractivity contribution >= 4 is 9.84 Å². The molecule has 0 heterocycles. The van der Waals surface area contributed by atoms with Crippen LogP contribution in [0.15, 0.2) is 41.8 Å². The molecule has 0 saturated heterocycles. The van der Waals surface area contributed by atoms with Crippen LogP contribution < -0.4 is 5.32 Å². The Morgan fingerprint density at radius 3 is 2.74 bits per heavy atom. The Hall–Kier alpha value is -1.13. The highest BCUT2D eigenvalue weighted by Crippen LogP contribution is 2.22. The summed E-state index contributed by atoms with van der Waals surface area (Å²) in [6.07, 6.45) is 6.16. The van der Waals surface area contributed by atoms with Gasteiger partial charge in [0.2, 0.25) is 0 Å². The number of hydrogen-bond donors (Lipinski definition) is 1. The first-order chi connectivity index (χ1) is 8.99. The van der Waals surface area contributed by atoms with Crippen molar-refractivity contribution in [3.05, 3.63) is 42.5 Å². The summed E-state index contributed by atoms with van der Waals surface area (Å²) in [5.74, 6) is 0. The van der Waals surface area contributed by atoms with Crippen molar-refractivity contribution < 1.29 is 8.42 Å². The molecule has 1 rings (SSSR count). The number of nitrogens with one attached hydrogen (secondary N) is 1. The molecule has 0 aromatic heterocycles. The highest BCUT2D eigenvalue weighted by Gasteiger charge is 2.13. The lowest BCUT2D eigenvalue weighted by Gasteiger charge is -2.18. The number of benzene rings is 1. The summed E-state index contributed by atoms with van der Waals surface area (Å²) in [5, 5.41) is 3.41. The normalized spacial score (nSPS) is 13.2. The number of hydrogen-bond acceptors (Lipinski definition) is 3. The van der Waals surface area contributed by atoms with Gasteiger partial charge in [0.25, 0.3) is 0 Å². The van der Waals surface area contributed by atoms with E-state index in [2.05, 4.69) is 18.8 Å². The molecule has 0 aliphatic carbocycles. The van der Waals surface area contributed by atoms with Gasteiger partial charge in [-0.25, -0.2) is 8.42 Å². The van der Waals surface area contributed by atoms with Crippen LogP contribution in [0.4, 0.5) is 0 Å². The van der Waals surface area contributed by atoms with Gasteiger partial charge in [-0.3, -0.25) is 0 Å². The summed E-state index contributed by atoms with van der Waals surface area (Å²) in [6.45, 7) is 6.64. The maximum absolute atomic E-state index is 11.6. The van der Waals surface area contributed by atoms with E-state index in [-0.39, 0.29) is 6.04 Å². The molecule has 0 aliphatic heterocycles. The van der Waals surface area contributed by atoms with Crippen molar-refractivity contribution in [3.8, 4) is 0 Å².